The van der Waals surface area contributed by atoms with E-state index >= 15 is 0 Å². The Labute approximate surface area is 164 Å². The van der Waals surface area contributed by atoms with Crippen LogP contribution in [0.25, 0.3) is 0 Å². The molecule has 1 aliphatic heterocycles. The predicted molar refractivity (Wildman–Crippen MR) is 103 cm³/mol. The van der Waals surface area contributed by atoms with Crippen molar-refractivity contribution in [2.24, 2.45) is 11.7 Å². The molecule has 27 heavy (non-hydrogen) atoms. The van der Waals surface area contributed by atoms with Crippen LogP contribution in [-0.4, -0.2) is 70.2 Å². The lowest BCUT2D eigenvalue weighted by molar-refractivity contribution is -0.144. The van der Waals surface area contributed by atoms with E-state index in [0.29, 0.717) is 25.8 Å². The Hall–Kier alpha value is -1.81. The van der Waals surface area contributed by atoms with E-state index in [-0.39, 0.29) is 11.7 Å². The molecule has 154 valence electrons. The van der Waals surface area contributed by atoms with Crippen LogP contribution >= 0.6 is 12.6 Å². The van der Waals surface area contributed by atoms with Gasteiger partial charge in [-0.1, -0.05) is 13.8 Å². The summed E-state index contributed by atoms with van der Waals surface area (Å²) < 4.78 is 0. The molecule has 0 aromatic carbocycles. The molecular weight excluding hydrogens is 372 g/mol. The summed E-state index contributed by atoms with van der Waals surface area (Å²) in [6, 6.07) is -3.44. The molecule has 0 saturated carbocycles. The molecule has 4 unspecified atom stereocenters. The summed E-state index contributed by atoms with van der Waals surface area (Å²) in [7, 11) is 0. The Morgan fingerprint density at radius 2 is 1.85 bits per heavy atom. The van der Waals surface area contributed by atoms with Crippen molar-refractivity contribution >= 4 is 36.3 Å². The lowest BCUT2D eigenvalue weighted by Crippen LogP contribution is -2.57. The molecule has 9 nitrogen and oxygen atoms in total. The van der Waals surface area contributed by atoms with Gasteiger partial charge in [-0.2, -0.15) is 12.6 Å². The Balaban J connectivity index is 2.76. The minimum absolute atomic E-state index is 0.0648. The van der Waals surface area contributed by atoms with Crippen molar-refractivity contribution in [3.8, 4) is 0 Å². The van der Waals surface area contributed by atoms with E-state index in [1.54, 1.807) is 0 Å². The lowest BCUT2D eigenvalue weighted by Gasteiger charge is -2.29. The van der Waals surface area contributed by atoms with Gasteiger partial charge in [-0.15, -0.1) is 0 Å². The van der Waals surface area contributed by atoms with E-state index in [1.807, 2.05) is 13.8 Å². The van der Waals surface area contributed by atoms with Crippen molar-refractivity contribution in [2.75, 3.05) is 12.3 Å². The first-order valence-corrected chi connectivity index (χ1v) is 9.72. The quantitative estimate of drug-likeness (QED) is 0.325. The monoisotopic (exact) mass is 402 g/mol. The van der Waals surface area contributed by atoms with Gasteiger partial charge in [-0.25, -0.2) is 0 Å². The number of carboxylic acid groups (broad SMARTS) is 1. The summed E-state index contributed by atoms with van der Waals surface area (Å²) in [4.78, 5) is 49.7. The zero-order chi connectivity index (χ0) is 20.7. The molecule has 0 aromatic heterocycles. The molecule has 10 heteroatoms. The number of thiol groups is 1. The Bertz CT molecular complexity index is 572. The molecule has 0 bridgehead atoms. The maximum Gasteiger partial charge on any atom is 0.325 e. The molecule has 1 heterocycles. The van der Waals surface area contributed by atoms with Crippen LogP contribution in [0, 0.1) is 5.92 Å². The number of nitrogens with zero attached hydrogens (tertiary/aromatic N) is 1. The summed E-state index contributed by atoms with van der Waals surface area (Å²) in [5, 5.41) is 13.9. The average molecular weight is 403 g/mol. The van der Waals surface area contributed by atoms with Crippen molar-refractivity contribution in [3.63, 3.8) is 0 Å². The van der Waals surface area contributed by atoms with E-state index in [2.05, 4.69) is 23.3 Å². The Morgan fingerprint density at radius 3 is 2.37 bits per heavy atom. The number of rotatable bonds is 9. The maximum atomic E-state index is 12.8. The molecule has 1 rings (SSSR count). The van der Waals surface area contributed by atoms with Gasteiger partial charge < -0.3 is 26.4 Å². The fourth-order valence-corrected chi connectivity index (χ4v) is 3.20. The Kier molecular flexibility index (Phi) is 9.04. The van der Waals surface area contributed by atoms with Crippen molar-refractivity contribution in [1.82, 2.24) is 15.5 Å². The second-order valence-electron chi connectivity index (χ2n) is 7.24. The predicted octanol–water partition coefficient (Wildman–Crippen LogP) is -0.645. The highest BCUT2D eigenvalue weighted by Gasteiger charge is 2.38. The van der Waals surface area contributed by atoms with E-state index in [9.17, 15) is 19.2 Å². The van der Waals surface area contributed by atoms with Crippen LogP contribution in [-0.2, 0) is 19.2 Å². The molecule has 5 N–H and O–H groups in total. The third-order valence-electron chi connectivity index (χ3n) is 4.43. The number of amides is 3. The molecule has 0 aromatic rings. The number of carboxylic acids is 1. The largest absolute Gasteiger partial charge is 0.480 e. The van der Waals surface area contributed by atoms with Crippen LogP contribution in [0.15, 0.2) is 0 Å². The number of hydrogen-bond donors (Lipinski definition) is 5. The lowest BCUT2D eigenvalue weighted by atomic mass is 10.0. The van der Waals surface area contributed by atoms with Gasteiger partial charge in [0, 0.05) is 12.3 Å². The molecular formula is C17H30N4O5S. The number of carbonyl (C=O) groups is 4. The first kappa shape index (κ1) is 23.2. The fraction of sp³-hybridized carbons (Fsp3) is 0.765. The summed E-state index contributed by atoms with van der Waals surface area (Å²) in [6.07, 6.45) is 1.54. The van der Waals surface area contributed by atoms with E-state index < -0.39 is 47.9 Å². The second-order valence-corrected chi connectivity index (χ2v) is 7.60. The van der Waals surface area contributed by atoms with E-state index in [4.69, 9.17) is 10.8 Å². The van der Waals surface area contributed by atoms with Gasteiger partial charge >= 0.3 is 5.97 Å². The van der Waals surface area contributed by atoms with Gasteiger partial charge in [0.15, 0.2) is 0 Å². The number of carbonyl (C=O) groups excluding carboxylic acids is 3. The smallest absolute Gasteiger partial charge is 0.325 e. The zero-order valence-corrected chi connectivity index (χ0v) is 16.9. The van der Waals surface area contributed by atoms with Crippen LogP contribution in [0.1, 0.15) is 40.0 Å². The molecule has 1 saturated heterocycles. The van der Waals surface area contributed by atoms with Crippen molar-refractivity contribution in [1.29, 1.82) is 0 Å². The van der Waals surface area contributed by atoms with Gasteiger partial charge in [0.25, 0.3) is 0 Å². The number of nitrogens with one attached hydrogen (secondary N) is 2. The molecule has 1 fully saturated rings. The first-order valence-electron chi connectivity index (χ1n) is 9.08. The second kappa shape index (κ2) is 10.5. The van der Waals surface area contributed by atoms with Gasteiger partial charge in [0.05, 0.1) is 6.04 Å². The van der Waals surface area contributed by atoms with E-state index in [0.717, 1.165) is 0 Å². The van der Waals surface area contributed by atoms with Crippen LogP contribution in [0.3, 0.4) is 0 Å². The number of likely N-dealkylation sites (tertiary alicyclic amines) is 1. The Morgan fingerprint density at radius 1 is 1.22 bits per heavy atom. The standard InChI is InChI=1S/C17H30N4O5S/c1-9(2)7-11(18)14(22)20-12(8-27)16(24)21-6-4-5-13(21)15(23)19-10(3)17(25)26/h9-13,27H,4-8,18H2,1-3H3,(H,19,23)(H,20,22)(H,25,26). The van der Waals surface area contributed by atoms with Gasteiger partial charge in [0.1, 0.15) is 18.1 Å². The van der Waals surface area contributed by atoms with Crippen LogP contribution in [0.2, 0.25) is 0 Å². The van der Waals surface area contributed by atoms with Gasteiger partial charge in [0.2, 0.25) is 17.7 Å². The first-order chi connectivity index (χ1) is 12.6. The molecule has 0 aliphatic carbocycles. The summed E-state index contributed by atoms with van der Waals surface area (Å²) in [5.41, 5.74) is 5.85. The highest BCUT2D eigenvalue weighted by Crippen LogP contribution is 2.19. The minimum atomic E-state index is -1.15. The number of aliphatic carboxylic acids is 1. The minimum Gasteiger partial charge on any atom is -0.480 e. The summed E-state index contributed by atoms with van der Waals surface area (Å²) in [6.45, 7) is 5.60. The average Bonchev–Trinajstić information content (AvgIpc) is 3.07. The molecule has 0 spiro atoms. The third kappa shape index (κ3) is 6.69. The fourth-order valence-electron chi connectivity index (χ4n) is 2.95. The third-order valence-corrected chi connectivity index (χ3v) is 4.79. The summed E-state index contributed by atoms with van der Waals surface area (Å²) in [5.74, 6) is -2.23. The van der Waals surface area contributed by atoms with Gasteiger partial charge in [-0.05, 0) is 32.1 Å². The normalized spacial score (nSPS) is 20.1. The highest BCUT2D eigenvalue weighted by atomic mass is 32.1. The van der Waals surface area contributed by atoms with Crippen molar-refractivity contribution in [2.45, 2.75) is 64.2 Å². The van der Waals surface area contributed by atoms with Crippen LogP contribution in [0.5, 0.6) is 0 Å². The number of hydrogen-bond acceptors (Lipinski definition) is 6. The van der Waals surface area contributed by atoms with Crippen molar-refractivity contribution in [3.05, 3.63) is 0 Å². The van der Waals surface area contributed by atoms with E-state index in [1.165, 1.54) is 11.8 Å². The van der Waals surface area contributed by atoms with Crippen LogP contribution in [0.4, 0.5) is 0 Å². The maximum absolute atomic E-state index is 12.8. The highest BCUT2D eigenvalue weighted by molar-refractivity contribution is 7.80. The molecule has 0 radical (unpaired) electrons. The SMILES string of the molecule is CC(C)CC(N)C(=O)NC(CS)C(=O)N1CCCC1C(=O)NC(C)C(=O)O. The number of nitrogens with two attached hydrogens (primary N) is 1. The van der Waals surface area contributed by atoms with Crippen molar-refractivity contribution < 1.29 is 24.3 Å². The molecule has 4 atom stereocenters. The molecule has 1 aliphatic rings. The molecule has 3 amide bonds. The van der Waals surface area contributed by atoms with Gasteiger partial charge in [-0.3, -0.25) is 19.2 Å². The summed E-state index contributed by atoms with van der Waals surface area (Å²) >= 11 is 4.14. The topological polar surface area (TPSA) is 142 Å². The zero-order valence-electron chi connectivity index (χ0n) is 16.0. The van der Waals surface area contributed by atoms with Crippen LogP contribution < -0.4 is 16.4 Å².